The number of rotatable bonds is 5. The van der Waals surface area contributed by atoms with Crippen LogP contribution in [-0.4, -0.2) is 35.4 Å². The zero-order valence-electron chi connectivity index (χ0n) is 12.4. The van der Waals surface area contributed by atoms with Gasteiger partial charge in [-0.15, -0.1) is 20.4 Å². The van der Waals surface area contributed by atoms with Gasteiger partial charge in [0.15, 0.2) is 0 Å². The highest BCUT2D eigenvalue weighted by Gasteiger charge is 2.09. The lowest BCUT2D eigenvalue weighted by atomic mass is 10.3. The molecule has 0 amide bonds. The van der Waals surface area contributed by atoms with Crippen LogP contribution in [0.3, 0.4) is 0 Å². The molecule has 9 heteroatoms. The molecule has 0 aliphatic carbocycles. The molecule has 0 spiro atoms. The van der Waals surface area contributed by atoms with E-state index in [0.717, 1.165) is 21.4 Å². The van der Waals surface area contributed by atoms with Crippen molar-refractivity contribution < 1.29 is 0 Å². The Labute approximate surface area is 141 Å². The molecule has 1 aromatic carbocycles. The van der Waals surface area contributed by atoms with E-state index in [4.69, 9.17) is 0 Å². The van der Waals surface area contributed by atoms with Crippen molar-refractivity contribution in [3.8, 4) is 11.4 Å². The predicted molar refractivity (Wildman–Crippen MR) is 89.8 cm³/mol. The van der Waals surface area contributed by atoms with Crippen molar-refractivity contribution in [3.05, 3.63) is 59.9 Å². The number of anilines is 2. The van der Waals surface area contributed by atoms with E-state index in [0.29, 0.717) is 12.4 Å². The minimum atomic E-state index is 0.418. The van der Waals surface area contributed by atoms with Crippen LogP contribution in [0.2, 0.25) is 0 Å². The first-order valence-corrected chi connectivity index (χ1v) is 8.01. The van der Waals surface area contributed by atoms with Crippen LogP contribution in [0.5, 0.6) is 0 Å². The van der Waals surface area contributed by atoms with Gasteiger partial charge in [-0.3, -0.25) is 4.98 Å². The van der Waals surface area contributed by atoms with E-state index < -0.39 is 0 Å². The fraction of sp³-hybridized carbons (Fsp3) is 0.0667. The number of hydrogen-bond donors (Lipinski definition) is 1. The van der Waals surface area contributed by atoms with E-state index in [2.05, 4.69) is 35.9 Å². The Balaban J connectivity index is 1.46. The van der Waals surface area contributed by atoms with Crippen LogP contribution in [0.1, 0.15) is 5.01 Å². The van der Waals surface area contributed by atoms with Crippen molar-refractivity contribution in [2.45, 2.75) is 6.54 Å². The SMILES string of the molecule is c1ccc(Nc2nnc(Cn3nnc(-c4cccnc4)n3)s2)cc1. The van der Waals surface area contributed by atoms with E-state index in [1.165, 1.54) is 16.1 Å². The number of nitrogens with zero attached hydrogens (tertiary/aromatic N) is 7. The number of benzene rings is 1. The monoisotopic (exact) mass is 336 g/mol. The van der Waals surface area contributed by atoms with Crippen molar-refractivity contribution in [2.24, 2.45) is 0 Å². The highest BCUT2D eigenvalue weighted by molar-refractivity contribution is 7.15. The summed E-state index contributed by atoms with van der Waals surface area (Å²) < 4.78 is 0. The Kier molecular flexibility index (Phi) is 3.90. The van der Waals surface area contributed by atoms with Gasteiger partial charge in [0.25, 0.3) is 0 Å². The van der Waals surface area contributed by atoms with Crippen LogP contribution in [0.15, 0.2) is 54.9 Å². The third-order valence-corrected chi connectivity index (χ3v) is 3.96. The third kappa shape index (κ3) is 3.25. The standard InChI is InChI=1S/C15H12N8S/c1-2-6-12(7-3-1)17-15-20-18-13(24-15)10-23-21-14(19-22-23)11-5-4-8-16-9-11/h1-9H,10H2,(H,17,20). The number of pyridine rings is 1. The summed E-state index contributed by atoms with van der Waals surface area (Å²) in [5.41, 5.74) is 1.80. The van der Waals surface area contributed by atoms with Crippen LogP contribution in [0.25, 0.3) is 11.4 Å². The Hall–Kier alpha value is -3.20. The van der Waals surface area contributed by atoms with Gasteiger partial charge in [-0.05, 0) is 29.5 Å². The molecule has 0 unspecified atom stereocenters. The first kappa shape index (κ1) is 14.4. The second-order valence-corrected chi connectivity index (χ2v) is 5.94. The molecule has 0 saturated carbocycles. The summed E-state index contributed by atoms with van der Waals surface area (Å²) in [4.78, 5) is 5.55. The van der Waals surface area contributed by atoms with Gasteiger partial charge >= 0.3 is 0 Å². The van der Waals surface area contributed by atoms with Crippen molar-refractivity contribution in [3.63, 3.8) is 0 Å². The van der Waals surface area contributed by atoms with E-state index in [1.54, 1.807) is 12.4 Å². The molecular formula is C15H12N8S. The molecule has 0 bridgehead atoms. The molecule has 8 nitrogen and oxygen atoms in total. The summed E-state index contributed by atoms with van der Waals surface area (Å²) in [6, 6.07) is 13.6. The summed E-state index contributed by atoms with van der Waals surface area (Å²) in [6.07, 6.45) is 3.41. The molecule has 118 valence electrons. The van der Waals surface area contributed by atoms with Gasteiger partial charge < -0.3 is 5.32 Å². The molecule has 1 N–H and O–H groups in total. The van der Waals surface area contributed by atoms with Crippen molar-refractivity contribution in [2.75, 3.05) is 5.32 Å². The molecule has 0 aliphatic rings. The maximum Gasteiger partial charge on any atom is 0.210 e. The summed E-state index contributed by atoms with van der Waals surface area (Å²) in [5.74, 6) is 0.537. The maximum atomic E-state index is 4.34. The Morgan fingerprint density at radius 2 is 1.92 bits per heavy atom. The van der Waals surface area contributed by atoms with E-state index in [1.807, 2.05) is 42.5 Å². The van der Waals surface area contributed by atoms with Gasteiger partial charge in [-0.25, -0.2) is 0 Å². The second kappa shape index (κ2) is 6.50. The van der Waals surface area contributed by atoms with Gasteiger partial charge in [0, 0.05) is 23.6 Å². The van der Waals surface area contributed by atoms with Crippen LogP contribution < -0.4 is 5.32 Å². The summed E-state index contributed by atoms with van der Waals surface area (Å²) in [6.45, 7) is 0.418. The smallest absolute Gasteiger partial charge is 0.210 e. The van der Waals surface area contributed by atoms with Crippen LogP contribution in [-0.2, 0) is 6.54 Å². The highest BCUT2D eigenvalue weighted by Crippen LogP contribution is 2.21. The maximum absolute atomic E-state index is 4.34. The average Bonchev–Trinajstić information content (AvgIpc) is 3.27. The van der Waals surface area contributed by atoms with Gasteiger partial charge in [0.1, 0.15) is 11.6 Å². The van der Waals surface area contributed by atoms with E-state index in [9.17, 15) is 0 Å². The van der Waals surface area contributed by atoms with Gasteiger partial charge in [-0.2, -0.15) is 4.80 Å². The minimum absolute atomic E-state index is 0.418. The van der Waals surface area contributed by atoms with Crippen molar-refractivity contribution >= 4 is 22.2 Å². The van der Waals surface area contributed by atoms with Crippen molar-refractivity contribution in [1.82, 2.24) is 35.4 Å². The first-order valence-electron chi connectivity index (χ1n) is 7.19. The highest BCUT2D eigenvalue weighted by atomic mass is 32.1. The fourth-order valence-electron chi connectivity index (χ4n) is 2.05. The molecule has 3 aromatic heterocycles. The Morgan fingerprint density at radius 3 is 2.75 bits per heavy atom. The zero-order chi connectivity index (χ0) is 16.2. The molecule has 0 saturated heterocycles. The summed E-state index contributed by atoms with van der Waals surface area (Å²) in [7, 11) is 0. The number of para-hydroxylation sites is 1. The summed E-state index contributed by atoms with van der Waals surface area (Å²) >= 11 is 1.45. The molecule has 24 heavy (non-hydrogen) atoms. The molecule has 4 rings (SSSR count). The number of aromatic nitrogens is 7. The van der Waals surface area contributed by atoms with E-state index >= 15 is 0 Å². The lowest BCUT2D eigenvalue weighted by molar-refractivity contribution is 0.568. The predicted octanol–water partition coefficient (Wildman–Crippen LogP) is 2.38. The fourth-order valence-corrected chi connectivity index (χ4v) is 2.79. The number of tetrazole rings is 1. The first-order chi connectivity index (χ1) is 11.9. The number of hydrogen-bond acceptors (Lipinski definition) is 8. The zero-order valence-corrected chi connectivity index (χ0v) is 13.3. The minimum Gasteiger partial charge on any atom is -0.330 e. The second-order valence-electron chi connectivity index (χ2n) is 4.88. The largest absolute Gasteiger partial charge is 0.330 e. The van der Waals surface area contributed by atoms with Gasteiger partial charge in [-0.1, -0.05) is 29.5 Å². The van der Waals surface area contributed by atoms with Crippen LogP contribution >= 0.6 is 11.3 Å². The van der Waals surface area contributed by atoms with Crippen LogP contribution in [0, 0.1) is 0 Å². The molecule has 4 aromatic rings. The average molecular weight is 336 g/mol. The van der Waals surface area contributed by atoms with Gasteiger partial charge in [0.2, 0.25) is 11.0 Å². The quantitative estimate of drug-likeness (QED) is 0.598. The summed E-state index contributed by atoms with van der Waals surface area (Å²) in [5, 5.41) is 25.4. The lowest BCUT2D eigenvalue weighted by Crippen LogP contribution is -2.03. The Bertz CT molecular complexity index is 919. The molecule has 0 aliphatic heterocycles. The van der Waals surface area contributed by atoms with Gasteiger partial charge in [0.05, 0.1) is 0 Å². The molecule has 0 atom stereocenters. The molecule has 0 fully saturated rings. The van der Waals surface area contributed by atoms with Crippen molar-refractivity contribution in [1.29, 1.82) is 0 Å². The number of nitrogens with one attached hydrogen (secondary N) is 1. The third-order valence-electron chi connectivity index (χ3n) is 3.14. The topological polar surface area (TPSA) is 94.3 Å². The Morgan fingerprint density at radius 1 is 1.00 bits per heavy atom. The van der Waals surface area contributed by atoms with Crippen LogP contribution in [0.4, 0.5) is 10.8 Å². The molecule has 3 heterocycles. The molecular weight excluding hydrogens is 324 g/mol. The molecule has 0 radical (unpaired) electrons. The van der Waals surface area contributed by atoms with E-state index in [-0.39, 0.29) is 0 Å². The normalized spacial score (nSPS) is 10.7. The lowest BCUT2D eigenvalue weighted by Gasteiger charge is -1.99.